The van der Waals surface area contributed by atoms with Crippen LogP contribution in [0.1, 0.15) is 22.8 Å². The highest BCUT2D eigenvalue weighted by molar-refractivity contribution is 7.91. The van der Waals surface area contributed by atoms with Gasteiger partial charge in [-0.3, -0.25) is 10.1 Å². The summed E-state index contributed by atoms with van der Waals surface area (Å²) in [5, 5.41) is 5.03. The first-order valence-corrected chi connectivity index (χ1v) is 11.1. The van der Waals surface area contributed by atoms with Crippen LogP contribution in [-0.2, 0) is 9.84 Å². The maximum absolute atomic E-state index is 12.5. The molecule has 0 unspecified atom stereocenters. The van der Waals surface area contributed by atoms with Crippen molar-refractivity contribution in [3.05, 3.63) is 59.0 Å². The van der Waals surface area contributed by atoms with Crippen molar-refractivity contribution in [2.75, 3.05) is 18.2 Å². The number of aromatic nitrogens is 1. The topological polar surface area (TPSA) is 85.4 Å². The fourth-order valence-electron chi connectivity index (χ4n) is 2.67. The lowest BCUT2D eigenvalue weighted by atomic mass is 10.1. The summed E-state index contributed by atoms with van der Waals surface area (Å²) in [6, 6.07) is 11.8. The Labute approximate surface area is 168 Å². The Balaban J connectivity index is 1.79. The van der Waals surface area contributed by atoms with Crippen molar-refractivity contribution in [1.82, 2.24) is 4.98 Å². The van der Waals surface area contributed by atoms with E-state index in [9.17, 15) is 13.2 Å². The van der Waals surface area contributed by atoms with Gasteiger partial charge < -0.3 is 4.74 Å². The van der Waals surface area contributed by atoms with Crippen molar-refractivity contribution in [2.45, 2.75) is 18.7 Å². The second-order valence-electron chi connectivity index (χ2n) is 6.11. The first-order valence-electron chi connectivity index (χ1n) is 8.58. The fourth-order valence-corrected chi connectivity index (χ4v) is 4.31. The molecule has 0 spiro atoms. The third kappa shape index (κ3) is 4.23. The number of aryl methyl sites for hydroxylation is 1. The Bertz CT molecular complexity index is 1120. The van der Waals surface area contributed by atoms with Crippen LogP contribution in [0.25, 0.3) is 11.3 Å². The van der Waals surface area contributed by atoms with E-state index in [1.165, 1.54) is 23.5 Å². The molecule has 2 aromatic carbocycles. The predicted molar refractivity (Wildman–Crippen MR) is 111 cm³/mol. The molecule has 3 aromatic rings. The van der Waals surface area contributed by atoms with Crippen LogP contribution in [0.5, 0.6) is 5.75 Å². The number of sulfone groups is 1. The van der Waals surface area contributed by atoms with E-state index in [4.69, 9.17) is 4.74 Å². The van der Waals surface area contributed by atoms with Gasteiger partial charge in [0.1, 0.15) is 5.75 Å². The van der Waals surface area contributed by atoms with Crippen LogP contribution in [-0.4, -0.2) is 32.2 Å². The standard InChI is InChI=1S/C20H20N2O4S2/c1-4-28(24,25)16-7-5-6-15(11-16)19(23)22-20-21-17(12-27-20)14-8-9-18(26-3)13(2)10-14/h5-12H,4H2,1-3H3,(H,21,22,23). The molecule has 0 fully saturated rings. The van der Waals surface area contributed by atoms with Gasteiger partial charge >= 0.3 is 0 Å². The van der Waals surface area contributed by atoms with E-state index in [-0.39, 0.29) is 16.2 Å². The minimum absolute atomic E-state index is 0.0187. The van der Waals surface area contributed by atoms with Gasteiger partial charge in [-0.25, -0.2) is 13.4 Å². The molecule has 1 heterocycles. The highest BCUT2D eigenvalue weighted by Crippen LogP contribution is 2.29. The van der Waals surface area contributed by atoms with Crippen molar-refractivity contribution in [3.63, 3.8) is 0 Å². The Morgan fingerprint density at radius 1 is 1.21 bits per heavy atom. The number of rotatable bonds is 6. The predicted octanol–water partition coefficient (Wildman–Crippen LogP) is 4.17. The number of carbonyl (C=O) groups is 1. The quantitative estimate of drug-likeness (QED) is 0.652. The van der Waals surface area contributed by atoms with Crippen molar-refractivity contribution < 1.29 is 17.9 Å². The second-order valence-corrected chi connectivity index (χ2v) is 9.24. The molecule has 0 atom stereocenters. The molecule has 1 N–H and O–H groups in total. The molecule has 146 valence electrons. The molecule has 8 heteroatoms. The smallest absolute Gasteiger partial charge is 0.257 e. The number of ether oxygens (including phenoxy) is 1. The van der Waals surface area contributed by atoms with Gasteiger partial charge in [-0.15, -0.1) is 11.3 Å². The molecule has 0 aliphatic carbocycles. The second kappa shape index (κ2) is 8.12. The van der Waals surface area contributed by atoms with Crippen LogP contribution >= 0.6 is 11.3 Å². The monoisotopic (exact) mass is 416 g/mol. The zero-order valence-corrected chi connectivity index (χ0v) is 17.4. The van der Waals surface area contributed by atoms with Gasteiger partial charge in [0.2, 0.25) is 0 Å². The normalized spacial score (nSPS) is 11.2. The third-order valence-electron chi connectivity index (χ3n) is 4.25. The largest absolute Gasteiger partial charge is 0.496 e. The lowest BCUT2D eigenvalue weighted by Crippen LogP contribution is -2.13. The minimum atomic E-state index is -3.37. The van der Waals surface area contributed by atoms with Gasteiger partial charge in [0.15, 0.2) is 15.0 Å². The average molecular weight is 417 g/mol. The zero-order chi connectivity index (χ0) is 20.3. The van der Waals surface area contributed by atoms with Crippen molar-refractivity contribution in [2.24, 2.45) is 0 Å². The number of anilines is 1. The average Bonchev–Trinajstić information content (AvgIpc) is 3.16. The van der Waals surface area contributed by atoms with Crippen molar-refractivity contribution in [1.29, 1.82) is 0 Å². The van der Waals surface area contributed by atoms with Gasteiger partial charge in [-0.1, -0.05) is 13.0 Å². The molecule has 0 saturated heterocycles. The van der Waals surface area contributed by atoms with E-state index in [0.717, 1.165) is 22.6 Å². The maximum Gasteiger partial charge on any atom is 0.257 e. The lowest BCUT2D eigenvalue weighted by Gasteiger charge is -2.06. The first-order chi connectivity index (χ1) is 13.3. The SMILES string of the molecule is CCS(=O)(=O)c1cccc(C(=O)Nc2nc(-c3ccc(OC)c(C)c3)cs2)c1. The molecule has 1 amide bonds. The summed E-state index contributed by atoms with van der Waals surface area (Å²) in [6.07, 6.45) is 0. The first kappa shape index (κ1) is 20.0. The number of nitrogens with one attached hydrogen (secondary N) is 1. The maximum atomic E-state index is 12.5. The van der Waals surface area contributed by atoms with Crippen LogP contribution in [0.3, 0.4) is 0 Å². The van der Waals surface area contributed by atoms with Crippen LogP contribution in [0.15, 0.2) is 52.7 Å². The number of thiazole rings is 1. The number of amides is 1. The molecular weight excluding hydrogens is 396 g/mol. The molecule has 0 aliphatic heterocycles. The summed E-state index contributed by atoms with van der Waals surface area (Å²) in [7, 11) is -1.75. The Kier molecular flexibility index (Phi) is 5.81. The van der Waals surface area contributed by atoms with E-state index in [0.29, 0.717) is 5.13 Å². The summed E-state index contributed by atoms with van der Waals surface area (Å²) >= 11 is 1.30. The van der Waals surface area contributed by atoms with E-state index in [1.54, 1.807) is 26.2 Å². The Hall–Kier alpha value is -2.71. The van der Waals surface area contributed by atoms with Crippen molar-refractivity contribution >= 4 is 32.2 Å². The number of methoxy groups -OCH3 is 1. The fraction of sp³-hybridized carbons (Fsp3) is 0.200. The van der Waals surface area contributed by atoms with E-state index in [1.807, 2.05) is 30.5 Å². The zero-order valence-electron chi connectivity index (χ0n) is 15.7. The third-order valence-corrected chi connectivity index (χ3v) is 6.74. The molecule has 0 radical (unpaired) electrons. The summed E-state index contributed by atoms with van der Waals surface area (Å²) in [5.74, 6) is 0.379. The summed E-state index contributed by atoms with van der Waals surface area (Å²) in [4.78, 5) is 17.1. The number of nitrogens with zero attached hydrogens (tertiary/aromatic N) is 1. The van der Waals surface area contributed by atoms with Crippen LogP contribution < -0.4 is 10.1 Å². The van der Waals surface area contributed by atoms with E-state index < -0.39 is 15.7 Å². The lowest BCUT2D eigenvalue weighted by molar-refractivity contribution is 0.102. The minimum Gasteiger partial charge on any atom is -0.496 e. The summed E-state index contributed by atoms with van der Waals surface area (Å²) < 4.78 is 29.3. The van der Waals surface area contributed by atoms with Gasteiger partial charge in [0.05, 0.1) is 23.5 Å². The highest BCUT2D eigenvalue weighted by atomic mass is 32.2. The van der Waals surface area contributed by atoms with Crippen molar-refractivity contribution in [3.8, 4) is 17.0 Å². The molecule has 28 heavy (non-hydrogen) atoms. The number of hydrogen-bond acceptors (Lipinski definition) is 6. The van der Waals surface area contributed by atoms with Gasteiger partial charge in [0, 0.05) is 16.5 Å². The van der Waals surface area contributed by atoms with E-state index in [2.05, 4.69) is 10.3 Å². The molecule has 0 saturated carbocycles. The Morgan fingerprint density at radius 2 is 2.00 bits per heavy atom. The van der Waals surface area contributed by atoms with Gasteiger partial charge in [-0.05, 0) is 48.9 Å². The van der Waals surface area contributed by atoms with E-state index >= 15 is 0 Å². The van der Waals surface area contributed by atoms with Crippen LogP contribution in [0, 0.1) is 6.92 Å². The summed E-state index contributed by atoms with van der Waals surface area (Å²) in [6.45, 7) is 3.52. The number of hydrogen-bond donors (Lipinski definition) is 1. The molecule has 1 aromatic heterocycles. The number of carbonyl (C=O) groups excluding carboxylic acids is 1. The number of benzene rings is 2. The molecular formula is C20H20N2O4S2. The highest BCUT2D eigenvalue weighted by Gasteiger charge is 2.15. The molecule has 6 nitrogen and oxygen atoms in total. The van der Waals surface area contributed by atoms with Crippen LogP contribution in [0.4, 0.5) is 5.13 Å². The van der Waals surface area contributed by atoms with Gasteiger partial charge in [0.25, 0.3) is 5.91 Å². The molecule has 3 rings (SSSR count). The molecule has 0 aliphatic rings. The van der Waals surface area contributed by atoms with Crippen LogP contribution in [0.2, 0.25) is 0 Å². The van der Waals surface area contributed by atoms with Gasteiger partial charge in [-0.2, -0.15) is 0 Å². The Morgan fingerprint density at radius 3 is 2.68 bits per heavy atom. The molecule has 0 bridgehead atoms. The summed E-state index contributed by atoms with van der Waals surface area (Å²) in [5.41, 5.74) is 2.93.